The second-order valence-electron chi connectivity index (χ2n) is 6.32. The zero-order valence-corrected chi connectivity index (χ0v) is 16.3. The second-order valence-corrected chi connectivity index (χ2v) is 7.10. The van der Waals surface area contributed by atoms with Crippen LogP contribution in [-0.4, -0.2) is 16.2 Å². The van der Waals surface area contributed by atoms with Crippen LogP contribution in [0.5, 0.6) is 0 Å². The number of hydrogen-bond acceptors (Lipinski definition) is 5. The fourth-order valence-electron chi connectivity index (χ4n) is 2.61. The van der Waals surface area contributed by atoms with Crippen LogP contribution in [-0.2, 0) is 19.3 Å². The lowest BCUT2D eigenvalue weighted by atomic mass is 10.1. The van der Waals surface area contributed by atoms with Gasteiger partial charge in [0.1, 0.15) is 4.88 Å². The molecule has 10 heteroatoms. The number of hydrogen-bond donors (Lipinski definition) is 3. The first-order chi connectivity index (χ1) is 14.3. The maximum absolute atomic E-state index is 12.8. The molecule has 0 atom stereocenters. The predicted octanol–water partition coefficient (Wildman–Crippen LogP) is 3.60. The first kappa shape index (κ1) is 21.3. The summed E-state index contributed by atoms with van der Waals surface area (Å²) in [6, 6.07) is 13.9. The first-order valence-corrected chi connectivity index (χ1v) is 9.54. The Hall–Kier alpha value is -3.40. The molecule has 2 aromatic carbocycles. The highest BCUT2D eigenvalue weighted by molar-refractivity contribution is 7.09. The number of nitrogens with zero attached hydrogens (tertiary/aromatic N) is 1. The number of amides is 2. The number of aromatic nitrogens is 1. The number of halogens is 3. The van der Waals surface area contributed by atoms with Crippen molar-refractivity contribution in [1.29, 1.82) is 0 Å². The van der Waals surface area contributed by atoms with Crippen LogP contribution in [0, 0.1) is 0 Å². The third-order valence-electron chi connectivity index (χ3n) is 4.15. The maximum atomic E-state index is 12.8. The van der Waals surface area contributed by atoms with Gasteiger partial charge in [-0.25, -0.2) is 0 Å². The quantitative estimate of drug-likeness (QED) is 0.552. The van der Waals surface area contributed by atoms with Gasteiger partial charge in [-0.2, -0.15) is 17.5 Å². The number of rotatable bonds is 6. The van der Waals surface area contributed by atoms with E-state index in [0.717, 1.165) is 29.2 Å². The van der Waals surface area contributed by atoms with Crippen molar-refractivity contribution in [1.82, 2.24) is 15.0 Å². The highest BCUT2D eigenvalue weighted by atomic mass is 32.1. The van der Waals surface area contributed by atoms with Gasteiger partial charge >= 0.3 is 6.18 Å². The van der Waals surface area contributed by atoms with E-state index in [4.69, 9.17) is 5.73 Å². The molecule has 1 heterocycles. The Bertz CT molecular complexity index is 1050. The minimum absolute atomic E-state index is 0.0202. The van der Waals surface area contributed by atoms with Gasteiger partial charge < -0.3 is 16.4 Å². The molecule has 3 aromatic rings. The Morgan fingerprint density at radius 3 is 2.27 bits per heavy atom. The van der Waals surface area contributed by atoms with Crippen LogP contribution in [0.3, 0.4) is 0 Å². The number of nitrogen functional groups attached to an aromatic ring is 1. The molecule has 4 N–H and O–H groups in total. The summed E-state index contributed by atoms with van der Waals surface area (Å²) in [5.74, 6) is -1.14. The Morgan fingerprint density at radius 1 is 0.933 bits per heavy atom. The highest BCUT2D eigenvalue weighted by Gasteiger charge is 2.30. The minimum atomic E-state index is -4.47. The van der Waals surface area contributed by atoms with Gasteiger partial charge in [0.25, 0.3) is 11.8 Å². The lowest BCUT2D eigenvalue weighted by molar-refractivity contribution is -0.137. The predicted molar refractivity (Wildman–Crippen MR) is 107 cm³/mol. The molecular weight excluding hydrogens is 417 g/mol. The minimum Gasteiger partial charge on any atom is -0.395 e. The first-order valence-electron chi connectivity index (χ1n) is 8.77. The molecule has 0 unspecified atom stereocenters. The van der Waals surface area contributed by atoms with E-state index in [1.54, 1.807) is 0 Å². The highest BCUT2D eigenvalue weighted by Crippen LogP contribution is 2.29. The summed E-state index contributed by atoms with van der Waals surface area (Å²) in [5, 5.41) is 5.17. The fraction of sp³-hybridized carbons (Fsp3) is 0.150. The monoisotopic (exact) mass is 434 g/mol. The molecule has 0 aliphatic carbocycles. The van der Waals surface area contributed by atoms with E-state index in [1.165, 1.54) is 12.1 Å². The van der Waals surface area contributed by atoms with Gasteiger partial charge in [-0.05, 0) is 34.8 Å². The molecule has 6 nitrogen and oxygen atoms in total. The van der Waals surface area contributed by atoms with Gasteiger partial charge in [-0.15, -0.1) is 0 Å². The maximum Gasteiger partial charge on any atom is 0.416 e. The molecule has 0 spiro atoms. The number of nitrogens with two attached hydrogens (primary N) is 1. The Balaban J connectivity index is 1.62. The molecule has 0 fully saturated rings. The molecule has 0 aliphatic heterocycles. The van der Waals surface area contributed by atoms with Crippen molar-refractivity contribution in [3.8, 4) is 0 Å². The lowest BCUT2D eigenvalue weighted by Gasteiger charge is -2.09. The summed E-state index contributed by atoms with van der Waals surface area (Å²) >= 11 is 0.749. The Morgan fingerprint density at radius 2 is 1.57 bits per heavy atom. The second kappa shape index (κ2) is 8.95. The van der Waals surface area contributed by atoms with Crippen molar-refractivity contribution in [2.75, 3.05) is 5.73 Å². The summed E-state index contributed by atoms with van der Waals surface area (Å²) in [4.78, 5) is 24.7. The van der Waals surface area contributed by atoms with Crippen molar-refractivity contribution in [2.24, 2.45) is 0 Å². The van der Waals surface area contributed by atoms with Crippen LogP contribution in [0.15, 0.2) is 54.6 Å². The van der Waals surface area contributed by atoms with Gasteiger partial charge in [0, 0.05) is 13.1 Å². The van der Waals surface area contributed by atoms with Crippen molar-refractivity contribution in [3.05, 3.63) is 81.9 Å². The summed E-state index contributed by atoms with van der Waals surface area (Å²) < 4.78 is 42.3. The van der Waals surface area contributed by atoms with Gasteiger partial charge in [-0.3, -0.25) is 9.59 Å². The average Bonchev–Trinajstić information content (AvgIpc) is 3.12. The topological polar surface area (TPSA) is 97.1 Å². The standard InChI is InChI=1S/C20H17F3N4O2S/c21-20(22,23)14-8-4-7-13(9-14)11-26-19(29)17-15(24)16(27-30-17)18(28)25-10-12-5-2-1-3-6-12/h1-9H,10-11,24H2,(H,25,28)(H,26,29). The molecule has 3 rings (SSSR count). The Labute approximate surface area is 174 Å². The zero-order chi connectivity index (χ0) is 21.7. The van der Waals surface area contributed by atoms with Crippen LogP contribution in [0.2, 0.25) is 0 Å². The number of nitrogens with one attached hydrogen (secondary N) is 2. The van der Waals surface area contributed by atoms with Crippen molar-refractivity contribution in [2.45, 2.75) is 19.3 Å². The molecule has 1 aromatic heterocycles. The molecule has 0 radical (unpaired) electrons. The molecule has 0 saturated carbocycles. The number of anilines is 1. The van der Waals surface area contributed by atoms with Crippen LogP contribution < -0.4 is 16.4 Å². The van der Waals surface area contributed by atoms with E-state index >= 15 is 0 Å². The fourth-order valence-corrected chi connectivity index (χ4v) is 3.32. The smallest absolute Gasteiger partial charge is 0.395 e. The van der Waals surface area contributed by atoms with Crippen LogP contribution in [0.4, 0.5) is 18.9 Å². The molecule has 156 valence electrons. The van der Waals surface area contributed by atoms with Crippen molar-refractivity contribution in [3.63, 3.8) is 0 Å². The van der Waals surface area contributed by atoms with E-state index in [9.17, 15) is 22.8 Å². The van der Waals surface area contributed by atoms with E-state index in [-0.39, 0.29) is 34.9 Å². The summed E-state index contributed by atoms with van der Waals surface area (Å²) in [5.41, 5.74) is 6.12. The van der Waals surface area contributed by atoms with E-state index in [2.05, 4.69) is 15.0 Å². The number of carbonyl (C=O) groups is 2. The van der Waals surface area contributed by atoms with E-state index in [1.807, 2.05) is 30.3 Å². The van der Waals surface area contributed by atoms with E-state index < -0.39 is 23.6 Å². The average molecular weight is 434 g/mol. The largest absolute Gasteiger partial charge is 0.416 e. The number of carbonyl (C=O) groups excluding carboxylic acids is 2. The van der Waals surface area contributed by atoms with Crippen molar-refractivity contribution >= 4 is 29.0 Å². The molecular formula is C20H17F3N4O2S. The lowest BCUT2D eigenvalue weighted by Crippen LogP contribution is -2.25. The van der Waals surface area contributed by atoms with E-state index in [0.29, 0.717) is 0 Å². The SMILES string of the molecule is Nc1c(C(=O)NCc2ccccc2)nsc1C(=O)NCc1cccc(C(F)(F)F)c1. The normalized spacial score (nSPS) is 11.2. The molecule has 0 saturated heterocycles. The zero-order valence-electron chi connectivity index (χ0n) is 15.5. The third-order valence-corrected chi connectivity index (χ3v) is 5.01. The molecule has 0 aliphatic rings. The summed E-state index contributed by atoms with van der Waals surface area (Å²) in [7, 11) is 0. The molecule has 30 heavy (non-hydrogen) atoms. The Kier molecular flexibility index (Phi) is 6.36. The third kappa shape index (κ3) is 5.15. The van der Waals surface area contributed by atoms with Gasteiger partial charge in [0.2, 0.25) is 0 Å². The molecule has 0 bridgehead atoms. The van der Waals surface area contributed by atoms with Crippen LogP contribution in [0.1, 0.15) is 36.9 Å². The number of benzene rings is 2. The van der Waals surface area contributed by atoms with Gasteiger partial charge in [0.05, 0.1) is 11.3 Å². The van der Waals surface area contributed by atoms with Crippen molar-refractivity contribution < 1.29 is 22.8 Å². The van der Waals surface area contributed by atoms with Crippen LogP contribution in [0.25, 0.3) is 0 Å². The van der Waals surface area contributed by atoms with Gasteiger partial charge in [0.15, 0.2) is 5.69 Å². The molecule has 2 amide bonds. The van der Waals surface area contributed by atoms with Gasteiger partial charge in [-0.1, -0.05) is 42.5 Å². The summed E-state index contributed by atoms with van der Waals surface area (Å²) in [6.45, 7) is 0.142. The summed E-state index contributed by atoms with van der Waals surface area (Å²) in [6.07, 6.45) is -4.47. The van der Waals surface area contributed by atoms with Crippen LogP contribution >= 0.6 is 11.5 Å². The number of alkyl halides is 3.